The van der Waals surface area contributed by atoms with Crippen LogP contribution in [-0.2, 0) is 5.75 Å². The predicted octanol–water partition coefficient (Wildman–Crippen LogP) is 4.12. The summed E-state index contributed by atoms with van der Waals surface area (Å²) in [7, 11) is 0. The summed E-state index contributed by atoms with van der Waals surface area (Å²) in [4.78, 5) is 0. The van der Waals surface area contributed by atoms with Crippen molar-refractivity contribution in [3.8, 4) is 0 Å². The maximum absolute atomic E-state index is 5.89. The molecule has 0 N–H and O–H groups in total. The van der Waals surface area contributed by atoms with E-state index in [0.29, 0.717) is 6.04 Å². The predicted molar refractivity (Wildman–Crippen MR) is 81.0 cm³/mol. The number of aromatic nitrogens is 4. The highest BCUT2D eigenvalue weighted by molar-refractivity contribution is 7.98. The van der Waals surface area contributed by atoms with Crippen LogP contribution in [-0.4, -0.2) is 20.2 Å². The molecule has 3 rings (SSSR count). The number of benzene rings is 1. The van der Waals surface area contributed by atoms with E-state index < -0.39 is 0 Å². The van der Waals surface area contributed by atoms with Crippen LogP contribution in [0.15, 0.2) is 29.4 Å². The molecule has 0 atom stereocenters. The van der Waals surface area contributed by atoms with E-state index >= 15 is 0 Å². The van der Waals surface area contributed by atoms with Gasteiger partial charge in [0, 0.05) is 10.8 Å². The molecule has 1 aliphatic rings. The molecule has 1 saturated carbocycles. The van der Waals surface area contributed by atoms with Crippen molar-refractivity contribution in [3.05, 3.63) is 34.9 Å². The summed E-state index contributed by atoms with van der Waals surface area (Å²) in [6.07, 6.45) is 6.29. The highest BCUT2D eigenvalue weighted by Crippen LogP contribution is 2.31. The fourth-order valence-corrected chi connectivity index (χ4v) is 3.59. The van der Waals surface area contributed by atoms with E-state index in [0.717, 1.165) is 15.9 Å². The highest BCUT2D eigenvalue weighted by Gasteiger charge is 2.20. The van der Waals surface area contributed by atoms with E-state index in [-0.39, 0.29) is 0 Å². The maximum Gasteiger partial charge on any atom is 0.209 e. The molecule has 0 saturated heterocycles. The van der Waals surface area contributed by atoms with Crippen LogP contribution in [0.2, 0.25) is 5.02 Å². The monoisotopic (exact) mass is 308 g/mol. The first-order valence-corrected chi connectivity index (χ1v) is 8.34. The number of hydrogen-bond acceptors (Lipinski definition) is 4. The van der Waals surface area contributed by atoms with Crippen molar-refractivity contribution in [3.63, 3.8) is 0 Å². The van der Waals surface area contributed by atoms with Crippen molar-refractivity contribution in [2.45, 2.75) is 49.1 Å². The Morgan fingerprint density at radius 3 is 2.65 bits per heavy atom. The number of tetrazole rings is 1. The van der Waals surface area contributed by atoms with E-state index in [1.807, 2.05) is 28.9 Å². The van der Waals surface area contributed by atoms with Gasteiger partial charge < -0.3 is 0 Å². The third kappa shape index (κ3) is 3.33. The molecule has 2 aromatic rings. The van der Waals surface area contributed by atoms with Crippen LogP contribution >= 0.6 is 23.4 Å². The number of halogens is 1. The highest BCUT2D eigenvalue weighted by atomic mass is 35.5. The lowest BCUT2D eigenvalue weighted by atomic mass is 9.96. The van der Waals surface area contributed by atoms with Gasteiger partial charge in [0.2, 0.25) is 5.16 Å². The van der Waals surface area contributed by atoms with Gasteiger partial charge in [-0.3, -0.25) is 0 Å². The standard InChI is InChI=1S/C14H17ClN4S/c15-12-8-6-11(7-9-12)10-20-14-16-17-18-19(14)13-4-2-1-3-5-13/h6-9,13H,1-5,10H2. The van der Waals surface area contributed by atoms with Gasteiger partial charge in [0.15, 0.2) is 0 Å². The van der Waals surface area contributed by atoms with E-state index in [1.54, 1.807) is 11.8 Å². The summed E-state index contributed by atoms with van der Waals surface area (Å²) in [5.41, 5.74) is 1.23. The molecule has 0 unspecified atom stereocenters. The molecule has 1 aliphatic carbocycles. The minimum Gasteiger partial charge on any atom is -0.217 e. The lowest BCUT2D eigenvalue weighted by Crippen LogP contribution is -2.15. The van der Waals surface area contributed by atoms with Crippen molar-refractivity contribution < 1.29 is 0 Å². The van der Waals surface area contributed by atoms with Gasteiger partial charge in [-0.15, -0.1) is 5.10 Å². The Bertz CT molecular complexity index is 549. The van der Waals surface area contributed by atoms with E-state index in [1.165, 1.54) is 37.7 Å². The quantitative estimate of drug-likeness (QED) is 0.797. The van der Waals surface area contributed by atoms with Crippen molar-refractivity contribution in [1.82, 2.24) is 20.2 Å². The molecule has 1 fully saturated rings. The Hall–Kier alpha value is -1.07. The molecule has 1 aromatic heterocycles. The summed E-state index contributed by atoms with van der Waals surface area (Å²) >= 11 is 7.58. The topological polar surface area (TPSA) is 43.6 Å². The Morgan fingerprint density at radius 2 is 1.90 bits per heavy atom. The second-order valence-electron chi connectivity index (χ2n) is 5.11. The van der Waals surface area contributed by atoms with Crippen LogP contribution < -0.4 is 0 Å². The van der Waals surface area contributed by atoms with Gasteiger partial charge in [0.1, 0.15) is 0 Å². The molecule has 0 bridgehead atoms. The molecule has 20 heavy (non-hydrogen) atoms. The Labute approximate surface area is 127 Å². The lowest BCUT2D eigenvalue weighted by molar-refractivity contribution is 0.307. The second kappa shape index (κ2) is 6.59. The minimum absolute atomic E-state index is 0.478. The van der Waals surface area contributed by atoms with Gasteiger partial charge in [-0.25, -0.2) is 4.68 Å². The normalized spacial score (nSPS) is 16.4. The average Bonchev–Trinajstić information content (AvgIpc) is 2.96. The smallest absolute Gasteiger partial charge is 0.209 e. The van der Waals surface area contributed by atoms with Gasteiger partial charge in [0.05, 0.1) is 6.04 Å². The van der Waals surface area contributed by atoms with Gasteiger partial charge in [0.25, 0.3) is 0 Å². The fraction of sp³-hybridized carbons (Fsp3) is 0.500. The molecule has 0 amide bonds. The number of nitrogens with zero attached hydrogens (tertiary/aromatic N) is 4. The molecule has 0 spiro atoms. The van der Waals surface area contributed by atoms with Crippen LogP contribution in [0, 0.1) is 0 Å². The average molecular weight is 309 g/mol. The maximum atomic E-state index is 5.89. The fourth-order valence-electron chi connectivity index (χ4n) is 2.56. The van der Waals surface area contributed by atoms with Crippen LogP contribution in [0.3, 0.4) is 0 Å². The molecule has 0 radical (unpaired) electrons. The summed E-state index contributed by atoms with van der Waals surface area (Å²) in [5, 5.41) is 13.9. The Balaban J connectivity index is 1.65. The third-order valence-electron chi connectivity index (χ3n) is 3.66. The van der Waals surface area contributed by atoms with E-state index in [4.69, 9.17) is 11.6 Å². The molecule has 1 aromatic carbocycles. The first-order valence-electron chi connectivity index (χ1n) is 6.98. The summed E-state index contributed by atoms with van der Waals surface area (Å²) < 4.78 is 2.01. The Morgan fingerprint density at radius 1 is 1.15 bits per heavy atom. The third-order valence-corrected chi connectivity index (χ3v) is 4.92. The molecule has 1 heterocycles. The van der Waals surface area contributed by atoms with Gasteiger partial charge in [-0.2, -0.15) is 0 Å². The summed E-state index contributed by atoms with van der Waals surface area (Å²) in [5.74, 6) is 0.865. The molecular weight excluding hydrogens is 292 g/mol. The van der Waals surface area contributed by atoms with Crippen LogP contribution in [0.4, 0.5) is 0 Å². The van der Waals surface area contributed by atoms with Crippen LogP contribution in [0.1, 0.15) is 43.7 Å². The van der Waals surface area contributed by atoms with E-state index in [2.05, 4.69) is 15.5 Å². The van der Waals surface area contributed by atoms with Gasteiger partial charge in [-0.05, 0) is 41.0 Å². The summed E-state index contributed by atoms with van der Waals surface area (Å²) in [6.45, 7) is 0. The van der Waals surface area contributed by atoms with Crippen molar-refractivity contribution >= 4 is 23.4 Å². The second-order valence-corrected chi connectivity index (χ2v) is 6.49. The zero-order valence-corrected chi connectivity index (χ0v) is 12.8. The first-order chi connectivity index (χ1) is 9.83. The number of rotatable bonds is 4. The van der Waals surface area contributed by atoms with E-state index in [9.17, 15) is 0 Å². The zero-order chi connectivity index (χ0) is 13.8. The van der Waals surface area contributed by atoms with Gasteiger partial charge in [-0.1, -0.05) is 54.8 Å². The molecule has 106 valence electrons. The molecule has 4 nitrogen and oxygen atoms in total. The molecular formula is C14H17ClN4S. The minimum atomic E-state index is 0.478. The first kappa shape index (κ1) is 13.9. The Kier molecular flexibility index (Phi) is 4.58. The van der Waals surface area contributed by atoms with Gasteiger partial charge >= 0.3 is 0 Å². The molecule has 0 aliphatic heterocycles. The van der Waals surface area contributed by atoms with Crippen molar-refractivity contribution in [2.24, 2.45) is 0 Å². The van der Waals surface area contributed by atoms with Crippen LogP contribution in [0.5, 0.6) is 0 Å². The lowest BCUT2D eigenvalue weighted by Gasteiger charge is -2.21. The van der Waals surface area contributed by atoms with Crippen molar-refractivity contribution in [2.75, 3.05) is 0 Å². The number of thioether (sulfide) groups is 1. The zero-order valence-electron chi connectivity index (χ0n) is 11.2. The van der Waals surface area contributed by atoms with Crippen LogP contribution in [0.25, 0.3) is 0 Å². The molecule has 6 heteroatoms. The summed E-state index contributed by atoms with van der Waals surface area (Å²) in [6, 6.07) is 8.41. The SMILES string of the molecule is Clc1ccc(CSc2nnnn2C2CCCCC2)cc1. The van der Waals surface area contributed by atoms with Crippen molar-refractivity contribution in [1.29, 1.82) is 0 Å². The largest absolute Gasteiger partial charge is 0.217 e. The number of hydrogen-bond donors (Lipinski definition) is 0.